The van der Waals surface area contributed by atoms with E-state index in [9.17, 15) is 0 Å². The van der Waals surface area contributed by atoms with Gasteiger partial charge in [-0.2, -0.15) is 0 Å². The molecule has 216 valence electrons. The van der Waals surface area contributed by atoms with Crippen molar-refractivity contribution < 1.29 is 0 Å². The molecule has 0 atom stereocenters. The Morgan fingerprint density at radius 3 is 2.23 bits per heavy atom. The molecular formula is C41H36N2S. The molecule has 0 saturated carbocycles. The summed E-state index contributed by atoms with van der Waals surface area (Å²) in [6.07, 6.45) is 2.02. The van der Waals surface area contributed by atoms with Crippen molar-refractivity contribution in [1.29, 1.82) is 0 Å². The van der Waals surface area contributed by atoms with Crippen molar-refractivity contribution in [2.24, 2.45) is 4.99 Å². The number of benzene rings is 6. The molecule has 2 nitrogen and oxygen atoms in total. The summed E-state index contributed by atoms with van der Waals surface area (Å²) in [6, 6.07) is 41.4. The Labute approximate surface area is 263 Å². The fourth-order valence-corrected chi connectivity index (χ4v) is 7.03. The van der Waals surface area contributed by atoms with Crippen LogP contribution in [0.5, 0.6) is 0 Å². The van der Waals surface area contributed by atoms with Gasteiger partial charge < -0.3 is 0 Å². The van der Waals surface area contributed by atoms with E-state index >= 15 is 0 Å². The van der Waals surface area contributed by atoms with Gasteiger partial charge in [-0.3, -0.25) is 4.99 Å². The lowest BCUT2D eigenvalue weighted by molar-refractivity contribution is 0.591. The minimum Gasteiger partial charge on any atom is -0.256 e. The number of hydrogen-bond donors (Lipinski definition) is 0. The zero-order valence-corrected chi connectivity index (χ0v) is 26.7. The minimum absolute atomic E-state index is 0.0214. The zero-order valence-electron chi connectivity index (χ0n) is 25.9. The summed E-state index contributed by atoms with van der Waals surface area (Å²) < 4.78 is 1.21. The normalized spacial score (nSPS) is 12.3. The standard InChI is InChI=1S/C41H36N2S/c1-26(2)27-14-12-15-29(21-27)36-23-31(41(3,4)5)24-38-39(36)43-40(44-38)35-19-10-11-20-37(35)42-25-30-22-28-13-6-7-16-32(28)34-18-9-8-17-33(30)34/h6-26H,1-5H3. The Bertz CT molecular complexity index is 2190. The summed E-state index contributed by atoms with van der Waals surface area (Å²) in [5.74, 6) is 0.465. The molecule has 6 aromatic carbocycles. The van der Waals surface area contributed by atoms with Crippen LogP contribution in [-0.2, 0) is 5.41 Å². The van der Waals surface area contributed by atoms with Gasteiger partial charge >= 0.3 is 0 Å². The number of nitrogens with zero attached hydrogens (tertiary/aromatic N) is 2. The van der Waals surface area contributed by atoms with Crippen LogP contribution in [0.3, 0.4) is 0 Å². The molecular weight excluding hydrogens is 553 g/mol. The van der Waals surface area contributed by atoms with Crippen LogP contribution in [0.1, 0.15) is 57.2 Å². The van der Waals surface area contributed by atoms with Crippen molar-refractivity contribution in [1.82, 2.24) is 4.98 Å². The fourth-order valence-electron chi connectivity index (χ4n) is 5.96. The van der Waals surface area contributed by atoms with Gasteiger partial charge in [0.25, 0.3) is 0 Å². The molecule has 0 aliphatic heterocycles. The lowest BCUT2D eigenvalue weighted by Gasteiger charge is -2.20. The SMILES string of the molecule is CC(C)c1cccc(-c2cc(C(C)(C)C)cc3sc(-c4ccccc4N=Cc4cc5ccccc5c5ccccc45)nc23)c1. The number of fused-ring (bicyclic) bond motifs is 4. The summed E-state index contributed by atoms with van der Waals surface area (Å²) in [5, 5.41) is 5.92. The number of aliphatic imine (C=N–C) groups is 1. The van der Waals surface area contributed by atoms with E-state index in [2.05, 4.69) is 150 Å². The average molecular weight is 589 g/mol. The number of para-hydroxylation sites is 1. The Balaban J connectivity index is 1.37. The fraction of sp³-hybridized carbons (Fsp3) is 0.171. The second-order valence-electron chi connectivity index (χ2n) is 12.9. The highest BCUT2D eigenvalue weighted by molar-refractivity contribution is 7.21. The zero-order chi connectivity index (χ0) is 30.4. The molecule has 0 bridgehead atoms. The third kappa shape index (κ3) is 5.22. The van der Waals surface area contributed by atoms with Crippen LogP contribution in [0.2, 0.25) is 0 Å². The molecule has 1 aromatic heterocycles. The molecule has 0 amide bonds. The van der Waals surface area contributed by atoms with E-state index < -0.39 is 0 Å². The molecule has 0 saturated heterocycles. The molecule has 7 rings (SSSR count). The van der Waals surface area contributed by atoms with Gasteiger partial charge in [0, 0.05) is 22.9 Å². The van der Waals surface area contributed by atoms with Gasteiger partial charge in [-0.25, -0.2) is 4.98 Å². The first-order valence-electron chi connectivity index (χ1n) is 15.4. The molecule has 44 heavy (non-hydrogen) atoms. The van der Waals surface area contributed by atoms with Crippen LogP contribution in [0.15, 0.2) is 120 Å². The summed E-state index contributed by atoms with van der Waals surface area (Å²) in [5.41, 5.74) is 9.23. The van der Waals surface area contributed by atoms with E-state index in [4.69, 9.17) is 9.98 Å². The first-order chi connectivity index (χ1) is 21.3. The highest BCUT2D eigenvalue weighted by Crippen LogP contribution is 2.42. The van der Waals surface area contributed by atoms with Gasteiger partial charge in [0.15, 0.2) is 0 Å². The van der Waals surface area contributed by atoms with E-state index in [-0.39, 0.29) is 5.41 Å². The smallest absolute Gasteiger partial charge is 0.126 e. The van der Waals surface area contributed by atoms with Crippen molar-refractivity contribution in [3.8, 4) is 21.7 Å². The second kappa shape index (κ2) is 11.2. The highest BCUT2D eigenvalue weighted by Gasteiger charge is 2.20. The van der Waals surface area contributed by atoms with Crippen LogP contribution in [0.4, 0.5) is 5.69 Å². The Morgan fingerprint density at radius 1 is 0.705 bits per heavy atom. The molecule has 1 heterocycles. The predicted octanol–water partition coefficient (Wildman–Crippen LogP) is 12.1. The molecule has 0 aliphatic rings. The molecule has 0 spiro atoms. The quantitative estimate of drug-likeness (QED) is 0.145. The number of thiazole rings is 1. The lowest BCUT2D eigenvalue weighted by Crippen LogP contribution is -2.11. The van der Waals surface area contributed by atoms with Gasteiger partial charge in [-0.05, 0) is 79.9 Å². The number of rotatable bonds is 5. The van der Waals surface area contributed by atoms with Crippen LogP contribution in [0.25, 0.3) is 53.5 Å². The molecule has 3 heteroatoms. The largest absolute Gasteiger partial charge is 0.256 e. The van der Waals surface area contributed by atoms with Crippen molar-refractivity contribution in [2.75, 3.05) is 0 Å². The van der Waals surface area contributed by atoms with Crippen LogP contribution >= 0.6 is 11.3 Å². The minimum atomic E-state index is 0.0214. The highest BCUT2D eigenvalue weighted by atomic mass is 32.1. The van der Waals surface area contributed by atoms with Crippen molar-refractivity contribution in [2.45, 2.75) is 46.0 Å². The number of hydrogen-bond acceptors (Lipinski definition) is 3. The molecule has 0 N–H and O–H groups in total. The van der Waals surface area contributed by atoms with Crippen LogP contribution < -0.4 is 0 Å². The molecule has 7 aromatic rings. The number of aromatic nitrogens is 1. The monoisotopic (exact) mass is 588 g/mol. The van der Waals surface area contributed by atoms with Crippen molar-refractivity contribution in [3.05, 3.63) is 132 Å². The van der Waals surface area contributed by atoms with Crippen molar-refractivity contribution >= 4 is 55.0 Å². The third-order valence-electron chi connectivity index (χ3n) is 8.50. The maximum atomic E-state index is 5.31. The third-order valence-corrected chi connectivity index (χ3v) is 9.54. The van der Waals surface area contributed by atoms with E-state index in [0.717, 1.165) is 27.3 Å². The van der Waals surface area contributed by atoms with Crippen molar-refractivity contribution in [3.63, 3.8) is 0 Å². The molecule has 0 fully saturated rings. The summed E-state index contributed by atoms with van der Waals surface area (Å²) in [4.78, 5) is 10.4. The predicted molar refractivity (Wildman–Crippen MR) is 192 cm³/mol. The topological polar surface area (TPSA) is 25.2 Å². The van der Waals surface area contributed by atoms with Gasteiger partial charge in [0.1, 0.15) is 5.01 Å². The van der Waals surface area contributed by atoms with E-state index in [1.54, 1.807) is 11.3 Å². The molecule has 0 unspecified atom stereocenters. The maximum absolute atomic E-state index is 5.31. The first-order valence-corrected chi connectivity index (χ1v) is 16.2. The second-order valence-corrected chi connectivity index (χ2v) is 14.0. The van der Waals surface area contributed by atoms with E-state index in [1.165, 1.54) is 48.5 Å². The molecule has 0 radical (unpaired) electrons. The first kappa shape index (κ1) is 28.2. The average Bonchev–Trinajstić information content (AvgIpc) is 3.47. The summed E-state index contributed by atoms with van der Waals surface area (Å²) >= 11 is 1.76. The Hall–Kier alpha value is -4.60. The molecule has 0 aliphatic carbocycles. The van der Waals surface area contributed by atoms with Crippen LogP contribution in [0, 0.1) is 0 Å². The Morgan fingerprint density at radius 2 is 1.43 bits per heavy atom. The van der Waals surface area contributed by atoms with E-state index in [1.807, 2.05) is 6.21 Å². The van der Waals surface area contributed by atoms with Gasteiger partial charge in [-0.15, -0.1) is 11.3 Å². The van der Waals surface area contributed by atoms with Gasteiger partial charge in [0.2, 0.25) is 0 Å². The van der Waals surface area contributed by atoms with Gasteiger partial charge in [0.05, 0.1) is 15.9 Å². The van der Waals surface area contributed by atoms with E-state index in [0.29, 0.717) is 5.92 Å². The summed E-state index contributed by atoms with van der Waals surface area (Å²) in [6.45, 7) is 11.3. The maximum Gasteiger partial charge on any atom is 0.126 e. The lowest BCUT2D eigenvalue weighted by atomic mass is 9.85. The summed E-state index contributed by atoms with van der Waals surface area (Å²) in [7, 11) is 0. The van der Waals surface area contributed by atoms with Gasteiger partial charge in [-0.1, -0.05) is 120 Å². The Kier molecular flexibility index (Phi) is 7.14. The van der Waals surface area contributed by atoms with Crippen LogP contribution in [-0.4, -0.2) is 11.2 Å².